The third-order valence-corrected chi connectivity index (χ3v) is 5.91. The maximum atomic E-state index is 12.3. The summed E-state index contributed by atoms with van der Waals surface area (Å²) >= 11 is 1.48. The quantitative estimate of drug-likeness (QED) is 0.700. The number of nitrogens with zero attached hydrogens (tertiary/aromatic N) is 3. The predicted molar refractivity (Wildman–Crippen MR) is 93.9 cm³/mol. The third kappa shape index (κ3) is 3.89. The average molecular weight is 362 g/mol. The molecule has 0 aliphatic rings. The Morgan fingerprint density at radius 3 is 2.71 bits per heavy atom. The molecule has 0 aliphatic carbocycles. The van der Waals surface area contributed by atoms with E-state index in [0.29, 0.717) is 13.0 Å². The molecule has 0 unspecified atom stereocenters. The largest absolute Gasteiger partial charge is 0.240 e. The van der Waals surface area contributed by atoms with Gasteiger partial charge in [0.2, 0.25) is 15.2 Å². The summed E-state index contributed by atoms with van der Waals surface area (Å²) in [6.45, 7) is 2.34. The lowest BCUT2D eigenvalue weighted by Crippen LogP contribution is -2.26. The van der Waals surface area contributed by atoms with Crippen LogP contribution in [0.2, 0.25) is 0 Å². The van der Waals surface area contributed by atoms with Gasteiger partial charge >= 0.3 is 0 Å². The van der Waals surface area contributed by atoms with Crippen molar-refractivity contribution in [2.75, 3.05) is 6.54 Å². The number of sulfonamides is 1. The molecule has 6 nitrogen and oxygen atoms in total. The fourth-order valence-electron chi connectivity index (χ4n) is 2.20. The van der Waals surface area contributed by atoms with Gasteiger partial charge in [0.25, 0.3) is 0 Å². The van der Waals surface area contributed by atoms with Gasteiger partial charge in [-0.3, -0.25) is 0 Å². The van der Waals surface area contributed by atoms with Gasteiger partial charge in [0.15, 0.2) is 0 Å². The predicted octanol–water partition coefficient (Wildman–Crippen LogP) is 2.41. The van der Waals surface area contributed by atoms with Crippen molar-refractivity contribution in [1.82, 2.24) is 19.5 Å². The summed E-state index contributed by atoms with van der Waals surface area (Å²) in [5.74, 6) is 0. The molecule has 0 bridgehead atoms. The van der Waals surface area contributed by atoms with Crippen LogP contribution in [0.1, 0.15) is 18.2 Å². The number of rotatable bonds is 7. The van der Waals surface area contributed by atoms with Gasteiger partial charge in [0, 0.05) is 30.7 Å². The second-order valence-corrected chi connectivity index (χ2v) is 7.82. The summed E-state index contributed by atoms with van der Waals surface area (Å²) in [6, 6.07) is 8.79. The van der Waals surface area contributed by atoms with E-state index in [2.05, 4.69) is 14.8 Å². The molecule has 0 saturated carbocycles. The van der Waals surface area contributed by atoms with Crippen LogP contribution in [0.25, 0.3) is 5.13 Å². The van der Waals surface area contributed by atoms with Crippen molar-refractivity contribution in [2.24, 2.45) is 0 Å². The monoisotopic (exact) mass is 362 g/mol. The SMILES string of the molecule is CCc1ccc(S(=O)(=O)NCCc2csc(-n3cccn3)n2)cc1. The van der Waals surface area contributed by atoms with Crippen LogP contribution in [-0.4, -0.2) is 29.7 Å². The van der Waals surface area contributed by atoms with E-state index in [1.165, 1.54) is 11.3 Å². The Bertz CT molecular complexity index is 885. The third-order valence-electron chi connectivity index (χ3n) is 3.56. The minimum Gasteiger partial charge on any atom is -0.223 e. The van der Waals surface area contributed by atoms with Gasteiger partial charge in [-0.1, -0.05) is 19.1 Å². The first-order valence-electron chi connectivity index (χ1n) is 7.61. The van der Waals surface area contributed by atoms with E-state index < -0.39 is 10.0 Å². The van der Waals surface area contributed by atoms with Crippen molar-refractivity contribution in [3.63, 3.8) is 0 Å². The molecule has 0 fully saturated rings. The second-order valence-electron chi connectivity index (χ2n) is 5.22. The fraction of sp³-hybridized carbons (Fsp3) is 0.250. The summed E-state index contributed by atoms with van der Waals surface area (Å²) in [7, 11) is -3.48. The minimum atomic E-state index is -3.48. The number of thiazole rings is 1. The van der Waals surface area contributed by atoms with E-state index in [0.717, 1.165) is 22.8 Å². The number of hydrogen-bond acceptors (Lipinski definition) is 5. The zero-order chi connectivity index (χ0) is 17.0. The van der Waals surface area contributed by atoms with Crippen LogP contribution in [-0.2, 0) is 22.9 Å². The van der Waals surface area contributed by atoms with Gasteiger partial charge in [-0.2, -0.15) is 5.10 Å². The Kier molecular flexibility index (Phi) is 5.08. The van der Waals surface area contributed by atoms with E-state index in [1.54, 1.807) is 23.0 Å². The summed E-state index contributed by atoms with van der Waals surface area (Å²) in [5.41, 5.74) is 1.96. The first kappa shape index (κ1) is 16.8. The van der Waals surface area contributed by atoms with Gasteiger partial charge in [-0.25, -0.2) is 22.8 Å². The molecule has 0 radical (unpaired) electrons. The topological polar surface area (TPSA) is 76.9 Å². The molecule has 8 heteroatoms. The van der Waals surface area contributed by atoms with Crippen molar-refractivity contribution in [3.8, 4) is 5.13 Å². The van der Waals surface area contributed by atoms with Crippen LogP contribution in [0.15, 0.2) is 53.0 Å². The van der Waals surface area contributed by atoms with Crippen LogP contribution in [0, 0.1) is 0 Å². The van der Waals surface area contributed by atoms with Crippen molar-refractivity contribution in [3.05, 3.63) is 59.4 Å². The Morgan fingerprint density at radius 1 is 1.25 bits per heavy atom. The molecule has 3 aromatic rings. The molecule has 3 rings (SSSR count). The number of aromatic nitrogens is 3. The normalized spacial score (nSPS) is 11.7. The molecular weight excluding hydrogens is 344 g/mol. The maximum Gasteiger partial charge on any atom is 0.240 e. The Morgan fingerprint density at radius 2 is 2.04 bits per heavy atom. The van der Waals surface area contributed by atoms with Crippen LogP contribution in [0.4, 0.5) is 0 Å². The van der Waals surface area contributed by atoms with E-state index >= 15 is 0 Å². The lowest BCUT2D eigenvalue weighted by atomic mass is 10.2. The average Bonchev–Trinajstić information content (AvgIpc) is 3.26. The van der Waals surface area contributed by atoms with Crippen LogP contribution in [0.5, 0.6) is 0 Å². The van der Waals surface area contributed by atoms with Crippen molar-refractivity contribution >= 4 is 21.4 Å². The summed E-state index contributed by atoms with van der Waals surface area (Å²) in [4.78, 5) is 4.74. The molecule has 0 saturated heterocycles. The van der Waals surface area contributed by atoms with Gasteiger partial charge in [0.1, 0.15) is 0 Å². The van der Waals surface area contributed by atoms with Crippen molar-refractivity contribution < 1.29 is 8.42 Å². The molecule has 2 aromatic heterocycles. The lowest BCUT2D eigenvalue weighted by molar-refractivity contribution is 0.581. The molecule has 24 heavy (non-hydrogen) atoms. The van der Waals surface area contributed by atoms with Gasteiger partial charge in [-0.05, 0) is 30.2 Å². The standard InChI is InChI=1S/C16H18N4O2S2/c1-2-13-4-6-15(7-5-13)24(21,22)18-10-8-14-12-23-16(19-14)20-11-3-9-17-20/h3-7,9,11-12,18H,2,8,10H2,1H3. The number of hydrogen-bond donors (Lipinski definition) is 1. The minimum absolute atomic E-state index is 0.287. The van der Waals surface area contributed by atoms with Crippen molar-refractivity contribution in [1.29, 1.82) is 0 Å². The smallest absolute Gasteiger partial charge is 0.223 e. The van der Waals surface area contributed by atoms with Crippen molar-refractivity contribution in [2.45, 2.75) is 24.7 Å². The second kappa shape index (κ2) is 7.25. The highest BCUT2D eigenvalue weighted by Crippen LogP contribution is 2.15. The van der Waals surface area contributed by atoms with Crippen LogP contribution in [0.3, 0.4) is 0 Å². The molecule has 0 aliphatic heterocycles. The van der Waals surface area contributed by atoms with E-state index in [1.807, 2.05) is 36.7 Å². The molecule has 2 heterocycles. The zero-order valence-electron chi connectivity index (χ0n) is 13.2. The maximum absolute atomic E-state index is 12.3. The Balaban J connectivity index is 1.59. The van der Waals surface area contributed by atoms with Gasteiger partial charge in [0.05, 0.1) is 10.6 Å². The van der Waals surface area contributed by atoms with E-state index in [4.69, 9.17) is 0 Å². The Hall–Kier alpha value is -2.03. The lowest BCUT2D eigenvalue weighted by Gasteiger charge is -2.06. The molecule has 0 spiro atoms. The van der Waals surface area contributed by atoms with E-state index in [9.17, 15) is 8.42 Å². The molecule has 0 atom stereocenters. The summed E-state index contributed by atoms with van der Waals surface area (Å²) in [5, 5.41) is 6.82. The molecule has 0 amide bonds. The molecular formula is C16H18N4O2S2. The van der Waals surface area contributed by atoms with Crippen LogP contribution < -0.4 is 4.72 Å². The summed E-state index contributed by atoms with van der Waals surface area (Å²) in [6.07, 6.45) is 4.94. The number of benzene rings is 1. The highest BCUT2D eigenvalue weighted by molar-refractivity contribution is 7.89. The zero-order valence-corrected chi connectivity index (χ0v) is 14.8. The molecule has 126 valence electrons. The molecule has 1 aromatic carbocycles. The Labute approximate surface area is 145 Å². The first-order chi connectivity index (χ1) is 11.6. The summed E-state index contributed by atoms with van der Waals surface area (Å²) < 4.78 is 28.8. The first-order valence-corrected chi connectivity index (χ1v) is 9.98. The van der Waals surface area contributed by atoms with Crippen LogP contribution >= 0.6 is 11.3 Å². The fourth-order valence-corrected chi connectivity index (χ4v) is 4.03. The van der Waals surface area contributed by atoms with E-state index in [-0.39, 0.29) is 4.90 Å². The highest BCUT2D eigenvalue weighted by atomic mass is 32.2. The highest BCUT2D eigenvalue weighted by Gasteiger charge is 2.13. The van der Waals surface area contributed by atoms with Gasteiger partial charge < -0.3 is 0 Å². The number of aryl methyl sites for hydroxylation is 1. The van der Waals surface area contributed by atoms with Gasteiger partial charge in [-0.15, -0.1) is 11.3 Å². The molecule has 1 N–H and O–H groups in total. The number of nitrogens with one attached hydrogen (secondary N) is 1.